The van der Waals surface area contributed by atoms with Crippen molar-refractivity contribution in [2.45, 2.75) is 19.8 Å². The van der Waals surface area contributed by atoms with E-state index in [9.17, 15) is 9.59 Å². The summed E-state index contributed by atoms with van der Waals surface area (Å²) in [6, 6.07) is 6.44. The van der Waals surface area contributed by atoms with Gasteiger partial charge in [0.2, 0.25) is 0 Å². The molecular formula is C15H16N2O3. The van der Waals surface area contributed by atoms with Crippen molar-refractivity contribution in [1.82, 2.24) is 10.3 Å². The van der Waals surface area contributed by atoms with E-state index in [1.807, 2.05) is 12.1 Å². The van der Waals surface area contributed by atoms with Gasteiger partial charge in [-0.2, -0.15) is 0 Å². The highest BCUT2D eigenvalue weighted by Gasteiger charge is 2.09. The molecule has 0 aliphatic heterocycles. The fourth-order valence-electron chi connectivity index (χ4n) is 1.85. The third kappa shape index (κ3) is 4.05. The zero-order valence-corrected chi connectivity index (χ0v) is 11.3. The van der Waals surface area contributed by atoms with E-state index in [1.165, 1.54) is 17.7 Å². The molecule has 104 valence electrons. The topological polar surface area (TPSA) is 72.2 Å². The van der Waals surface area contributed by atoms with E-state index < -0.39 is 0 Å². The fraction of sp³-hybridized carbons (Fsp3) is 0.267. The van der Waals surface area contributed by atoms with E-state index in [0.717, 1.165) is 12.8 Å². The SMILES string of the molecule is Cc1cc(=O)cc(C(=O)NCCCc2ccncc2)o1. The molecule has 0 spiro atoms. The maximum Gasteiger partial charge on any atom is 0.287 e. The van der Waals surface area contributed by atoms with Crippen molar-refractivity contribution in [2.75, 3.05) is 6.54 Å². The van der Waals surface area contributed by atoms with Crippen LogP contribution < -0.4 is 10.7 Å². The summed E-state index contributed by atoms with van der Waals surface area (Å²) in [6.07, 6.45) is 5.16. The number of aromatic nitrogens is 1. The van der Waals surface area contributed by atoms with E-state index >= 15 is 0 Å². The van der Waals surface area contributed by atoms with Gasteiger partial charge in [0.25, 0.3) is 5.91 Å². The van der Waals surface area contributed by atoms with Crippen LogP contribution in [0.25, 0.3) is 0 Å². The summed E-state index contributed by atoms with van der Waals surface area (Å²) in [5.41, 5.74) is 0.951. The first-order valence-corrected chi connectivity index (χ1v) is 6.44. The molecule has 0 aliphatic carbocycles. The number of hydrogen-bond donors (Lipinski definition) is 1. The predicted molar refractivity (Wildman–Crippen MR) is 74.6 cm³/mol. The van der Waals surface area contributed by atoms with Gasteiger partial charge in [-0.05, 0) is 37.5 Å². The normalized spacial score (nSPS) is 10.2. The van der Waals surface area contributed by atoms with Crippen LogP contribution in [0, 0.1) is 6.92 Å². The summed E-state index contributed by atoms with van der Waals surface area (Å²) in [7, 11) is 0. The second kappa shape index (κ2) is 6.65. The fourth-order valence-corrected chi connectivity index (χ4v) is 1.85. The van der Waals surface area contributed by atoms with E-state index in [-0.39, 0.29) is 17.1 Å². The van der Waals surface area contributed by atoms with Crippen molar-refractivity contribution >= 4 is 5.91 Å². The van der Waals surface area contributed by atoms with Crippen molar-refractivity contribution in [3.63, 3.8) is 0 Å². The Balaban J connectivity index is 1.82. The van der Waals surface area contributed by atoms with Crippen LogP contribution in [0.1, 0.15) is 28.3 Å². The van der Waals surface area contributed by atoms with Crippen LogP contribution in [-0.2, 0) is 6.42 Å². The third-order valence-corrected chi connectivity index (χ3v) is 2.79. The molecule has 0 saturated heterocycles. The van der Waals surface area contributed by atoms with Gasteiger partial charge in [-0.1, -0.05) is 0 Å². The third-order valence-electron chi connectivity index (χ3n) is 2.79. The molecule has 0 saturated carbocycles. The maximum atomic E-state index is 11.8. The molecule has 2 heterocycles. The van der Waals surface area contributed by atoms with Gasteiger partial charge in [-0.25, -0.2) is 0 Å². The molecular weight excluding hydrogens is 256 g/mol. The molecule has 5 heteroatoms. The number of carbonyl (C=O) groups is 1. The first kappa shape index (κ1) is 14.0. The number of nitrogens with one attached hydrogen (secondary N) is 1. The Morgan fingerprint density at radius 2 is 2.05 bits per heavy atom. The Morgan fingerprint density at radius 3 is 2.75 bits per heavy atom. The second-order valence-corrected chi connectivity index (χ2v) is 4.48. The molecule has 0 aliphatic rings. The molecule has 0 aromatic carbocycles. The summed E-state index contributed by atoms with van der Waals surface area (Å²) in [5.74, 6) is 0.124. The number of carbonyl (C=O) groups excluding carboxylic acids is 1. The average Bonchev–Trinajstić information content (AvgIpc) is 2.43. The number of nitrogens with zero attached hydrogens (tertiary/aromatic N) is 1. The smallest absolute Gasteiger partial charge is 0.287 e. The molecule has 2 aromatic rings. The molecule has 0 radical (unpaired) electrons. The minimum Gasteiger partial charge on any atom is -0.456 e. The summed E-state index contributed by atoms with van der Waals surface area (Å²) >= 11 is 0. The monoisotopic (exact) mass is 272 g/mol. The Bertz CT molecular complexity index is 635. The van der Waals surface area contributed by atoms with Crippen LogP contribution in [0.3, 0.4) is 0 Å². The standard InChI is InChI=1S/C15H16N2O3/c1-11-9-13(18)10-14(20-11)15(19)17-6-2-3-12-4-7-16-8-5-12/h4-5,7-10H,2-3,6H2,1H3,(H,17,19). The number of hydrogen-bond acceptors (Lipinski definition) is 4. The molecule has 2 rings (SSSR count). The molecule has 20 heavy (non-hydrogen) atoms. The number of pyridine rings is 1. The molecule has 0 atom stereocenters. The van der Waals surface area contributed by atoms with Gasteiger partial charge in [0.05, 0.1) is 0 Å². The second-order valence-electron chi connectivity index (χ2n) is 4.48. The van der Waals surface area contributed by atoms with E-state index in [0.29, 0.717) is 12.3 Å². The van der Waals surface area contributed by atoms with Crippen molar-refractivity contribution in [3.8, 4) is 0 Å². The first-order valence-electron chi connectivity index (χ1n) is 6.44. The minimum atomic E-state index is -0.361. The highest BCUT2D eigenvalue weighted by atomic mass is 16.3. The zero-order valence-electron chi connectivity index (χ0n) is 11.3. The molecule has 1 N–H and O–H groups in total. The lowest BCUT2D eigenvalue weighted by atomic mass is 10.1. The quantitative estimate of drug-likeness (QED) is 0.841. The number of rotatable bonds is 5. The van der Waals surface area contributed by atoms with Gasteiger partial charge >= 0.3 is 0 Å². The summed E-state index contributed by atoms with van der Waals surface area (Å²) in [6.45, 7) is 2.17. The lowest BCUT2D eigenvalue weighted by Gasteiger charge is -2.05. The Labute approximate surface area is 116 Å². The van der Waals surface area contributed by atoms with E-state index in [2.05, 4.69) is 10.3 Å². The molecule has 1 amide bonds. The summed E-state index contributed by atoms with van der Waals surface area (Å²) in [5, 5.41) is 2.74. The minimum absolute atomic E-state index is 0.0545. The van der Waals surface area contributed by atoms with Crippen LogP contribution >= 0.6 is 0 Å². The van der Waals surface area contributed by atoms with Crippen LogP contribution in [0.2, 0.25) is 0 Å². The molecule has 2 aromatic heterocycles. The summed E-state index contributed by atoms with van der Waals surface area (Å²) < 4.78 is 5.21. The van der Waals surface area contributed by atoms with Crippen LogP contribution in [0.4, 0.5) is 0 Å². The van der Waals surface area contributed by atoms with Gasteiger partial charge in [0.15, 0.2) is 11.2 Å². The molecule has 0 bridgehead atoms. The first-order chi connectivity index (χ1) is 9.65. The predicted octanol–water partition coefficient (Wildman–Crippen LogP) is 1.71. The largest absolute Gasteiger partial charge is 0.456 e. The highest BCUT2D eigenvalue weighted by molar-refractivity contribution is 5.91. The van der Waals surface area contributed by atoms with Crippen molar-refractivity contribution in [3.05, 3.63) is 64.0 Å². The van der Waals surface area contributed by atoms with Gasteiger partial charge in [0, 0.05) is 31.1 Å². The van der Waals surface area contributed by atoms with Gasteiger partial charge in [0.1, 0.15) is 5.76 Å². The number of aryl methyl sites for hydroxylation is 2. The van der Waals surface area contributed by atoms with Gasteiger partial charge < -0.3 is 9.73 Å². The summed E-state index contributed by atoms with van der Waals surface area (Å²) in [4.78, 5) is 27.0. The van der Waals surface area contributed by atoms with Crippen molar-refractivity contribution in [2.24, 2.45) is 0 Å². The van der Waals surface area contributed by atoms with Crippen LogP contribution in [-0.4, -0.2) is 17.4 Å². The van der Waals surface area contributed by atoms with Crippen LogP contribution in [0.5, 0.6) is 0 Å². The van der Waals surface area contributed by atoms with E-state index in [4.69, 9.17) is 4.42 Å². The van der Waals surface area contributed by atoms with Crippen molar-refractivity contribution < 1.29 is 9.21 Å². The van der Waals surface area contributed by atoms with Gasteiger partial charge in [-0.3, -0.25) is 14.6 Å². The Hall–Kier alpha value is -2.43. The zero-order chi connectivity index (χ0) is 14.4. The van der Waals surface area contributed by atoms with Crippen molar-refractivity contribution in [1.29, 1.82) is 0 Å². The maximum absolute atomic E-state index is 11.8. The molecule has 0 fully saturated rings. The number of amides is 1. The molecule has 5 nitrogen and oxygen atoms in total. The highest BCUT2D eigenvalue weighted by Crippen LogP contribution is 2.02. The van der Waals surface area contributed by atoms with Crippen LogP contribution in [0.15, 0.2) is 45.9 Å². The Kier molecular flexibility index (Phi) is 4.65. The molecule has 0 unspecified atom stereocenters. The lowest BCUT2D eigenvalue weighted by Crippen LogP contribution is -2.25. The average molecular weight is 272 g/mol. The van der Waals surface area contributed by atoms with Gasteiger partial charge in [-0.15, -0.1) is 0 Å². The van der Waals surface area contributed by atoms with E-state index in [1.54, 1.807) is 19.3 Å². The Morgan fingerprint density at radius 1 is 1.30 bits per heavy atom. The lowest BCUT2D eigenvalue weighted by molar-refractivity contribution is 0.0921.